The Labute approximate surface area is 161 Å². The van der Waals surface area contributed by atoms with E-state index in [4.69, 9.17) is 12.2 Å². The highest BCUT2D eigenvalue weighted by molar-refractivity contribution is 7.80. The molecule has 0 saturated carbocycles. The molecular weight excluding hydrogens is 340 g/mol. The Morgan fingerprint density at radius 1 is 1.04 bits per heavy atom. The molecule has 0 radical (unpaired) electrons. The van der Waals surface area contributed by atoms with Gasteiger partial charge in [-0.2, -0.15) is 0 Å². The fourth-order valence-corrected chi connectivity index (χ4v) is 3.57. The predicted molar refractivity (Wildman–Crippen MR) is 116 cm³/mol. The van der Waals surface area contributed by atoms with Gasteiger partial charge >= 0.3 is 0 Å². The highest BCUT2D eigenvalue weighted by atomic mass is 32.1. The Balaban J connectivity index is 1.81. The monoisotopic (exact) mass is 368 g/mol. The van der Waals surface area contributed by atoms with E-state index in [9.17, 15) is 0 Å². The number of rotatable bonds is 6. The van der Waals surface area contributed by atoms with Crippen molar-refractivity contribution in [2.45, 2.75) is 20.0 Å². The summed E-state index contributed by atoms with van der Waals surface area (Å²) in [6, 6.07) is 15.4. The molecule has 0 amide bonds. The zero-order chi connectivity index (χ0) is 18.7. The molecule has 0 bridgehead atoms. The van der Waals surface area contributed by atoms with Crippen LogP contribution in [0.4, 0.5) is 0 Å². The molecule has 0 unspecified atom stereocenters. The Bertz CT molecular complexity index is 913. The number of nitrogens with zero attached hydrogens (tertiary/aromatic N) is 3. The van der Waals surface area contributed by atoms with Crippen molar-refractivity contribution in [2.75, 3.05) is 34.2 Å². The van der Waals surface area contributed by atoms with Crippen molar-refractivity contribution >= 4 is 39.1 Å². The molecule has 0 aliphatic carbocycles. The van der Waals surface area contributed by atoms with Gasteiger partial charge in [0.05, 0.1) is 0 Å². The van der Waals surface area contributed by atoms with Crippen LogP contribution in [0.15, 0.2) is 42.5 Å². The summed E-state index contributed by atoms with van der Waals surface area (Å²) in [7, 11) is 6.18. The summed E-state index contributed by atoms with van der Waals surface area (Å²) in [4.78, 5) is 4.25. The average molecular weight is 369 g/mol. The first kappa shape index (κ1) is 18.7. The molecule has 0 aliphatic rings. The minimum absolute atomic E-state index is 0.794. The maximum atomic E-state index is 5.52. The Kier molecular flexibility index (Phi) is 5.79. The molecule has 2 aromatic carbocycles. The number of thiocarbonyl (C=S) groups is 1. The maximum Gasteiger partial charge on any atom is 0.169 e. The van der Waals surface area contributed by atoms with E-state index in [2.05, 4.69) is 83.2 Å². The SMILES string of the molecule is CCn1c2ccccc2c2cc(CN(C)C(=S)NCCN(C)C)ccc21. The van der Waals surface area contributed by atoms with Crippen LogP contribution in [-0.4, -0.2) is 53.7 Å². The van der Waals surface area contributed by atoms with Crippen LogP contribution < -0.4 is 5.32 Å². The van der Waals surface area contributed by atoms with E-state index in [1.54, 1.807) is 0 Å². The van der Waals surface area contributed by atoms with Crippen LogP contribution in [0.1, 0.15) is 12.5 Å². The van der Waals surface area contributed by atoms with E-state index in [1.165, 1.54) is 27.4 Å². The van der Waals surface area contributed by atoms with Gasteiger partial charge in [-0.15, -0.1) is 0 Å². The van der Waals surface area contributed by atoms with Crippen molar-refractivity contribution in [2.24, 2.45) is 0 Å². The van der Waals surface area contributed by atoms with Crippen LogP contribution in [-0.2, 0) is 13.1 Å². The zero-order valence-electron chi connectivity index (χ0n) is 16.1. The standard InChI is InChI=1S/C21H28N4S/c1-5-25-19-9-7-6-8-17(19)18-14-16(10-11-20(18)25)15-24(4)21(26)22-12-13-23(2)3/h6-11,14H,5,12-13,15H2,1-4H3,(H,22,26). The molecule has 0 aliphatic heterocycles. The summed E-state index contributed by atoms with van der Waals surface area (Å²) in [6.07, 6.45) is 0. The smallest absolute Gasteiger partial charge is 0.169 e. The van der Waals surface area contributed by atoms with Crippen molar-refractivity contribution < 1.29 is 0 Å². The van der Waals surface area contributed by atoms with Gasteiger partial charge in [0.15, 0.2) is 5.11 Å². The van der Waals surface area contributed by atoms with E-state index < -0.39 is 0 Å². The lowest BCUT2D eigenvalue weighted by atomic mass is 10.1. The van der Waals surface area contributed by atoms with Gasteiger partial charge in [0.2, 0.25) is 0 Å². The number of hydrogen-bond acceptors (Lipinski definition) is 2. The van der Waals surface area contributed by atoms with E-state index >= 15 is 0 Å². The number of likely N-dealkylation sites (N-methyl/N-ethyl adjacent to an activating group) is 1. The molecule has 3 rings (SSSR count). The number of para-hydroxylation sites is 1. The molecule has 138 valence electrons. The van der Waals surface area contributed by atoms with Gasteiger partial charge in [0, 0.05) is 55.0 Å². The third-order valence-corrected chi connectivity index (χ3v) is 5.21. The van der Waals surface area contributed by atoms with E-state index in [1.807, 2.05) is 7.05 Å². The first-order chi connectivity index (χ1) is 12.5. The lowest BCUT2D eigenvalue weighted by molar-refractivity contribution is 0.406. The second-order valence-electron chi connectivity index (χ2n) is 7.00. The van der Waals surface area contributed by atoms with E-state index in [0.29, 0.717) is 0 Å². The predicted octanol–water partition coefficient (Wildman–Crippen LogP) is 3.68. The van der Waals surface area contributed by atoms with Crippen molar-refractivity contribution in [3.05, 3.63) is 48.0 Å². The van der Waals surface area contributed by atoms with Gasteiger partial charge < -0.3 is 19.7 Å². The molecule has 5 heteroatoms. The summed E-state index contributed by atoms with van der Waals surface area (Å²) in [5.74, 6) is 0. The van der Waals surface area contributed by atoms with E-state index in [0.717, 1.165) is 31.3 Å². The van der Waals surface area contributed by atoms with Gasteiger partial charge in [-0.25, -0.2) is 0 Å². The summed E-state index contributed by atoms with van der Waals surface area (Å²) in [5.41, 5.74) is 3.87. The molecule has 0 fully saturated rings. The second-order valence-corrected chi connectivity index (χ2v) is 7.39. The number of aryl methyl sites for hydroxylation is 1. The zero-order valence-corrected chi connectivity index (χ0v) is 16.9. The Morgan fingerprint density at radius 3 is 2.50 bits per heavy atom. The number of nitrogens with one attached hydrogen (secondary N) is 1. The van der Waals surface area contributed by atoms with Crippen molar-refractivity contribution in [3.63, 3.8) is 0 Å². The van der Waals surface area contributed by atoms with E-state index in [-0.39, 0.29) is 0 Å². The fourth-order valence-electron chi connectivity index (χ4n) is 3.41. The number of aromatic nitrogens is 1. The van der Waals surface area contributed by atoms with Gasteiger partial charge in [-0.3, -0.25) is 0 Å². The Morgan fingerprint density at radius 2 is 1.77 bits per heavy atom. The molecule has 26 heavy (non-hydrogen) atoms. The minimum Gasteiger partial charge on any atom is -0.361 e. The molecular formula is C21H28N4S. The number of fused-ring (bicyclic) bond motifs is 3. The molecule has 0 saturated heterocycles. The third kappa shape index (κ3) is 3.84. The highest BCUT2D eigenvalue weighted by Crippen LogP contribution is 2.29. The van der Waals surface area contributed by atoms with Crippen LogP contribution in [0.25, 0.3) is 21.8 Å². The molecule has 4 nitrogen and oxygen atoms in total. The molecule has 0 spiro atoms. The van der Waals surface area contributed by atoms with Gasteiger partial charge in [0.25, 0.3) is 0 Å². The second kappa shape index (κ2) is 8.06. The lowest BCUT2D eigenvalue weighted by Crippen LogP contribution is -2.39. The van der Waals surface area contributed by atoms with Crippen LogP contribution >= 0.6 is 12.2 Å². The van der Waals surface area contributed by atoms with Crippen molar-refractivity contribution in [1.82, 2.24) is 19.7 Å². The fraction of sp³-hybridized carbons (Fsp3) is 0.381. The van der Waals surface area contributed by atoms with Gasteiger partial charge in [0.1, 0.15) is 0 Å². The summed E-state index contributed by atoms with van der Waals surface area (Å²) in [5, 5.41) is 6.76. The first-order valence-electron chi connectivity index (χ1n) is 9.14. The van der Waals surface area contributed by atoms with Crippen LogP contribution in [0.3, 0.4) is 0 Å². The lowest BCUT2D eigenvalue weighted by Gasteiger charge is -2.22. The summed E-state index contributed by atoms with van der Waals surface area (Å²) < 4.78 is 2.38. The molecule has 1 heterocycles. The average Bonchev–Trinajstić information content (AvgIpc) is 2.94. The Hall–Kier alpha value is -2.11. The van der Waals surface area contributed by atoms with Crippen molar-refractivity contribution in [1.29, 1.82) is 0 Å². The van der Waals surface area contributed by atoms with Crippen LogP contribution in [0.5, 0.6) is 0 Å². The van der Waals surface area contributed by atoms with Crippen molar-refractivity contribution in [3.8, 4) is 0 Å². The molecule has 0 atom stereocenters. The largest absolute Gasteiger partial charge is 0.361 e. The van der Waals surface area contributed by atoms with Crippen LogP contribution in [0.2, 0.25) is 0 Å². The first-order valence-corrected chi connectivity index (χ1v) is 9.55. The molecule has 1 aromatic heterocycles. The molecule has 1 N–H and O–H groups in total. The van der Waals surface area contributed by atoms with Gasteiger partial charge in [-0.1, -0.05) is 24.3 Å². The minimum atomic E-state index is 0.794. The summed E-state index contributed by atoms with van der Waals surface area (Å²) >= 11 is 5.52. The van der Waals surface area contributed by atoms with Crippen LogP contribution in [0, 0.1) is 0 Å². The molecule has 3 aromatic rings. The normalized spacial score (nSPS) is 11.4. The quantitative estimate of drug-likeness (QED) is 0.671. The maximum absolute atomic E-state index is 5.52. The number of hydrogen-bond donors (Lipinski definition) is 1. The third-order valence-electron chi connectivity index (χ3n) is 4.75. The highest BCUT2D eigenvalue weighted by Gasteiger charge is 2.11. The number of benzene rings is 2. The van der Waals surface area contributed by atoms with Gasteiger partial charge in [-0.05, 0) is 57.0 Å². The summed E-state index contributed by atoms with van der Waals surface area (Å²) in [6.45, 7) is 5.81. The topological polar surface area (TPSA) is 23.4 Å².